The van der Waals surface area contributed by atoms with Gasteiger partial charge in [-0.25, -0.2) is 9.79 Å². The molecule has 1 aliphatic heterocycles. The Morgan fingerprint density at radius 2 is 2.10 bits per heavy atom. The minimum atomic E-state index is -1.08. The number of aromatic carboxylic acids is 1. The zero-order valence-electron chi connectivity index (χ0n) is 11.9. The Morgan fingerprint density at radius 1 is 1.45 bits per heavy atom. The van der Waals surface area contributed by atoms with Gasteiger partial charge in [0, 0.05) is 6.20 Å². The summed E-state index contributed by atoms with van der Waals surface area (Å²) in [5.74, 6) is -1.09. The van der Waals surface area contributed by atoms with Gasteiger partial charge in [-0.15, -0.1) is 0 Å². The van der Waals surface area contributed by atoms with Crippen molar-refractivity contribution in [2.75, 3.05) is 0 Å². The normalized spacial score (nSPS) is 21.9. The van der Waals surface area contributed by atoms with Gasteiger partial charge in [0.05, 0.1) is 5.56 Å². The molecule has 0 bridgehead atoms. The first-order valence-electron chi connectivity index (χ1n) is 6.38. The van der Waals surface area contributed by atoms with Crippen molar-refractivity contribution >= 4 is 17.7 Å². The summed E-state index contributed by atoms with van der Waals surface area (Å²) in [6, 6.07) is 1.62. The van der Waals surface area contributed by atoms with Crippen molar-refractivity contribution in [3.63, 3.8) is 0 Å². The fourth-order valence-electron chi connectivity index (χ4n) is 2.06. The molecule has 1 atom stereocenters. The molecule has 0 saturated carbocycles. The molecule has 0 aromatic carbocycles. The number of carboxylic acids is 1. The van der Waals surface area contributed by atoms with Crippen LogP contribution in [0.1, 0.15) is 42.4 Å². The van der Waals surface area contributed by atoms with Gasteiger partial charge in [-0.1, -0.05) is 13.8 Å². The van der Waals surface area contributed by atoms with Crippen LogP contribution < -0.4 is 5.32 Å². The van der Waals surface area contributed by atoms with Gasteiger partial charge >= 0.3 is 5.97 Å². The number of hydrogen-bond acceptors (Lipinski definition) is 4. The number of aryl methyl sites for hydroxylation is 1. The molecule has 0 radical (unpaired) electrons. The minimum Gasteiger partial charge on any atom is -0.478 e. The monoisotopic (exact) mass is 275 g/mol. The highest BCUT2D eigenvalue weighted by molar-refractivity contribution is 6.17. The van der Waals surface area contributed by atoms with Crippen molar-refractivity contribution in [2.45, 2.75) is 33.2 Å². The number of amidine groups is 1. The number of carbonyl (C=O) groups excluding carboxylic acids is 1. The molecule has 0 spiro atoms. The van der Waals surface area contributed by atoms with Crippen molar-refractivity contribution in [1.82, 2.24) is 10.3 Å². The molecule has 20 heavy (non-hydrogen) atoms. The van der Waals surface area contributed by atoms with Gasteiger partial charge in [0.1, 0.15) is 11.2 Å². The second kappa shape index (κ2) is 4.70. The zero-order chi connectivity index (χ0) is 15.1. The third-order valence-corrected chi connectivity index (χ3v) is 3.76. The number of carbonyl (C=O) groups is 2. The van der Waals surface area contributed by atoms with Crippen LogP contribution in [0.25, 0.3) is 0 Å². The van der Waals surface area contributed by atoms with E-state index in [1.54, 1.807) is 19.9 Å². The average molecular weight is 275 g/mol. The van der Waals surface area contributed by atoms with Crippen molar-refractivity contribution in [1.29, 1.82) is 0 Å². The van der Waals surface area contributed by atoms with Crippen LogP contribution in [0.2, 0.25) is 0 Å². The standard InChI is InChI=1S/C14H17N3O3/c1-7(2)14(4)13(20)16-11(17-14)10-9(12(18)19)8(3)5-6-15-10/h5-7H,1-4H3,(H,18,19)(H,16,17,20). The fraction of sp³-hybridized carbons (Fsp3) is 0.429. The first kappa shape index (κ1) is 14.2. The van der Waals surface area contributed by atoms with Crippen molar-refractivity contribution in [2.24, 2.45) is 10.9 Å². The molecule has 1 amide bonds. The van der Waals surface area contributed by atoms with E-state index in [9.17, 15) is 14.7 Å². The quantitative estimate of drug-likeness (QED) is 0.871. The fourth-order valence-corrected chi connectivity index (χ4v) is 2.06. The maximum Gasteiger partial charge on any atom is 0.338 e. The number of aromatic nitrogens is 1. The lowest BCUT2D eigenvalue weighted by atomic mass is 9.89. The van der Waals surface area contributed by atoms with Gasteiger partial charge in [0.2, 0.25) is 0 Å². The van der Waals surface area contributed by atoms with E-state index >= 15 is 0 Å². The van der Waals surface area contributed by atoms with E-state index in [1.807, 2.05) is 13.8 Å². The van der Waals surface area contributed by atoms with Crippen molar-refractivity contribution in [3.8, 4) is 0 Å². The molecule has 0 fully saturated rings. The summed E-state index contributed by atoms with van der Waals surface area (Å²) in [4.78, 5) is 31.9. The summed E-state index contributed by atoms with van der Waals surface area (Å²) in [6.45, 7) is 7.21. The smallest absolute Gasteiger partial charge is 0.338 e. The van der Waals surface area contributed by atoms with Crippen LogP contribution in [0.5, 0.6) is 0 Å². The predicted molar refractivity (Wildman–Crippen MR) is 73.9 cm³/mol. The number of pyridine rings is 1. The third kappa shape index (κ3) is 2.07. The summed E-state index contributed by atoms with van der Waals surface area (Å²) >= 11 is 0. The minimum absolute atomic E-state index is 0.00177. The molecule has 0 saturated heterocycles. The number of amides is 1. The lowest BCUT2D eigenvalue weighted by Crippen LogP contribution is -2.41. The summed E-state index contributed by atoms with van der Waals surface area (Å²) in [5.41, 5.74) is -0.0383. The summed E-state index contributed by atoms with van der Waals surface area (Å²) < 4.78 is 0. The van der Waals surface area contributed by atoms with E-state index in [4.69, 9.17) is 0 Å². The summed E-state index contributed by atoms with van der Waals surface area (Å²) in [5, 5.41) is 12.0. The number of nitrogens with zero attached hydrogens (tertiary/aromatic N) is 2. The van der Waals surface area contributed by atoms with Crippen LogP contribution in [-0.4, -0.2) is 33.3 Å². The highest BCUT2D eigenvalue weighted by Gasteiger charge is 2.43. The first-order valence-corrected chi connectivity index (χ1v) is 6.38. The van der Waals surface area contributed by atoms with Crippen molar-refractivity contribution in [3.05, 3.63) is 29.1 Å². The number of nitrogens with one attached hydrogen (secondary N) is 1. The highest BCUT2D eigenvalue weighted by Crippen LogP contribution is 2.27. The van der Waals surface area contributed by atoms with Gasteiger partial charge < -0.3 is 10.4 Å². The Balaban J connectivity index is 2.57. The molecule has 1 aliphatic rings. The third-order valence-electron chi connectivity index (χ3n) is 3.76. The Morgan fingerprint density at radius 3 is 2.60 bits per heavy atom. The molecule has 6 nitrogen and oxygen atoms in total. The van der Waals surface area contributed by atoms with E-state index < -0.39 is 11.5 Å². The lowest BCUT2D eigenvalue weighted by Gasteiger charge is -2.21. The van der Waals surface area contributed by atoms with E-state index in [2.05, 4.69) is 15.3 Å². The van der Waals surface area contributed by atoms with Crippen LogP contribution >= 0.6 is 0 Å². The van der Waals surface area contributed by atoms with Gasteiger partial charge in [-0.3, -0.25) is 9.78 Å². The molecular weight excluding hydrogens is 258 g/mol. The SMILES string of the molecule is Cc1ccnc(C2=NC(C)(C(C)C)C(=O)N2)c1C(=O)O. The molecule has 2 rings (SSSR count). The molecule has 0 aliphatic carbocycles. The Kier molecular flexibility index (Phi) is 3.33. The number of rotatable bonds is 3. The number of aliphatic imine (C=N–C) groups is 1. The lowest BCUT2D eigenvalue weighted by molar-refractivity contribution is -0.124. The molecule has 6 heteroatoms. The Hall–Kier alpha value is -2.24. The average Bonchev–Trinajstić information content (AvgIpc) is 2.66. The van der Waals surface area contributed by atoms with Crippen LogP contribution in [-0.2, 0) is 4.79 Å². The van der Waals surface area contributed by atoms with Gasteiger partial charge in [0.15, 0.2) is 5.84 Å². The van der Waals surface area contributed by atoms with Crippen LogP contribution in [0.15, 0.2) is 17.3 Å². The van der Waals surface area contributed by atoms with E-state index in [0.717, 1.165) is 0 Å². The predicted octanol–water partition coefficient (Wildman–Crippen LogP) is 1.38. The van der Waals surface area contributed by atoms with E-state index in [0.29, 0.717) is 5.56 Å². The molecule has 2 N–H and O–H groups in total. The Bertz CT molecular complexity index is 622. The molecule has 1 aromatic rings. The molecule has 2 heterocycles. The maximum atomic E-state index is 12.1. The first-order chi connectivity index (χ1) is 9.27. The molecule has 1 aromatic heterocycles. The number of carboxylic acid groups (broad SMARTS) is 1. The second-order valence-electron chi connectivity index (χ2n) is 5.37. The number of hydrogen-bond donors (Lipinski definition) is 2. The van der Waals surface area contributed by atoms with Gasteiger partial charge in [0.25, 0.3) is 5.91 Å². The zero-order valence-corrected chi connectivity index (χ0v) is 11.9. The maximum absolute atomic E-state index is 12.1. The summed E-state index contributed by atoms with van der Waals surface area (Å²) in [7, 11) is 0. The topological polar surface area (TPSA) is 91.7 Å². The van der Waals surface area contributed by atoms with Crippen molar-refractivity contribution < 1.29 is 14.7 Å². The van der Waals surface area contributed by atoms with Gasteiger partial charge in [-0.05, 0) is 31.4 Å². The van der Waals surface area contributed by atoms with Gasteiger partial charge in [-0.2, -0.15) is 0 Å². The summed E-state index contributed by atoms with van der Waals surface area (Å²) in [6.07, 6.45) is 1.51. The molecule has 1 unspecified atom stereocenters. The van der Waals surface area contributed by atoms with Crippen LogP contribution in [0.4, 0.5) is 0 Å². The highest BCUT2D eigenvalue weighted by atomic mass is 16.4. The van der Waals surface area contributed by atoms with E-state index in [-0.39, 0.29) is 28.9 Å². The van der Waals surface area contributed by atoms with Crippen LogP contribution in [0, 0.1) is 12.8 Å². The largest absolute Gasteiger partial charge is 0.478 e. The molecule has 106 valence electrons. The van der Waals surface area contributed by atoms with Crippen LogP contribution in [0.3, 0.4) is 0 Å². The van der Waals surface area contributed by atoms with E-state index in [1.165, 1.54) is 6.20 Å². The second-order valence-corrected chi connectivity index (χ2v) is 5.37. The molecular formula is C14H17N3O3. The Labute approximate surface area is 116 Å².